The smallest absolute Gasteiger partial charge is 0.126 e. The van der Waals surface area contributed by atoms with Gasteiger partial charge in [-0.1, -0.05) is 69.5 Å². The van der Waals surface area contributed by atoms with Crippen molar-refractivity contribution in [3.63, 3.8) is 0 Å². The van der Waals surface area contributed by atoms with E-state index in [1.165, 1.54) is 19.4 Å². The summed E-state index contributed by atoms with van der Waals surface area (Å²) in [6.07, 6.45) is 1.05. The maximum Gasteiger partial charge on any atom is 0.126 e. The molecule has 142 valence electrons. The molecule has 1 aliphatic heterocycles. The first-order chi connectivity index (χ1) is 12.8. The summed E-state index contributed by atoms with van der Waals surface area (Å²) in [5, 5.41) is 0. The molecule has 0 fully saturated rings. The minimum absolute atomic E-state index is 0. The zero-order valence-corrected chi connectivity index (χ0v) is 17.1. The number of hydrogen-bond donors (Lipinski definition) is 0. The molecule has 1 heterocycles. The van der Waals surface area contributed by atoms with Gasteiger partial charge in [0.2, 0.25) is 0 Å². The van der Waals surface area contributed by atoms with E-state index in [1.807, 2.05) is 6.07 Å². The Morgan fingerprint density at radius 2 is 1.59 bits per heavy atom. The molecule has 0 saturated carbocycles. The lowest BCUT2D eigenvalue weighted by atomic mass is 9.85. The van der Waals surface area contributed by atoms with E-state index >= 15 is 0 Å². The number of nitrogens with zero attached hydrogens (tertiary/aromatic N) is 1. The maximum absolute atomic E-state index is 9.44. The average molecular weight is 362 g/mol. The maximum atomic E-state index is 9.44. The number of allylic oxidation sites excluding steroid dienone is 1. The molecule has 0 atom stereocenters. The Balaban J connectivity index is 0.000000717. The third-order valence-corrected chi connectivity index (χ3v) is 4.86. The number of Topliss-reactive ketones (excluding diaryl/α,β-unsaturated/α-hetero) is 1. The van der Waals surface area contributed by atoms with Crippen LogP contribution in [-0.2, 0) is 11.3 Å². The molecule has 2 aromatic rings. The van der Waals surface area contributed by atoms with Crippen molar-refractivity contribution in [3.8, 4) is 11.8 Å². The molecule has 2 aromatic carbocycles. The third-order valence-electron chi connectivity index (χ3n) is 4.86. The fraction of sp³-hybridized carbons (Fsp3) is 0.320. The zero-order valence-electron chi connectivity index (χ0n) is 17.1. The molecule has 0 N–H and O–H groups in total. The van der Waals surface area contributed by atoms with Crippen LogP contribution < -0.4 is 4.90 Å². The van der Waals surface area contributed by atoms with Gasteiger partial charge < -0.3 is 9.69 Å². The quantitative estimate of drug-likeness (QED) is 0.607. The minimum atomic E-state index is 0. The number of benzene rings is 2. The van der Waals surface area contributed by atoms with Crippen LogP contribution in [0.3, 0.4) is 0 Å². The predicted molar refractivity (Wildman–Crippen MR) is 117 cm³/mol. The van der Waals surface area contributed by atoms with Gasteiger partial charge in [0, 0.05) is 30.2 Å². The molecule has 0 unspecified atom stereocenters. The van der Waals surface area contributed by atoms with Crippen LogP contribution in [0, 0.1) is 17.3 Å². The Kier molecular flexibility index (Phi) is 6.64. The predicted octanol–water partition coefficient (Wildman–Crippen LogP) is 6.20. The zero-order chi connectivity index (χ0) is 20.0. The molecule has 0 spiro atoms. The van der Waals surface area contributed by atoms with E-state index in [1.54, 1.807) is 0 Å². The summed E-state index contributed by atoms with van der Waals surface area (Å²) in [6, 6.07) is 16.8. The van der Waals surface area contributed by atoms with E-state index in [0.29, 0.717) is 0 Å². The first-order valence-electron chi connectivity index (χ1n) is 9.39. The van der Waals surface area contributed by atoms with E-state index in [2.05, 4.69) is 86.6 Å². The van der Waals surface area contributed by atoms with Crippen LogP contribution in [0.15, 0.2) is 60.8 Å². The van der Waals surface area contributed by atoms with Crippen LogP contribution in [0.4, 0.5) is 5.69 Å². The summed E-state index contributed by atoms with van der Waals surface area (Å²) >= 11 is 0. The van der Waals surface area contributed by atoms with E-state index < -0.39 is 0 Å². The van der Waals surface area contributed by atoms with E-state index in [4.69, 9.17) is 0 Å². The SMILES string of the molecule is C=C(N1Cc2ccccc2C#Cc2ccccc21)C(C)(C)CC.CC(C)=O.[HH]. The second-order valence-electron chi connectivity index (χ2n) is 7.60. The number of anilines is 1. The summed E-state index contributed by atoms with van der Waals surface area (Å²) in [5.41, 5.74) is 5.77. The highest BCUT2D eigenvalue weighted by Crippen LogP contribution is 2.37. The Hall–Kier alpha value is -2.79. The first-order valence-corrected chi connectivity index (χ1v) is 9.39. The highest BCUT2D eigenvalue weighted by molar-refractivity contribution is 5.72. The fourth-order valence-electron chi connectivity index (χ4n) is 2.80. The number of para-hydroxylation sites is 1. The molecule has 3 rings (SSSR count). The van der Waals surface area contributed by atoms with Crippen LogP contribution in [0.1, 0.15) is 59.2 Å². The van der Waals surface area contributed by atoms with Crippen molar-refractivity contribution in [1.82, 2.24) is 0 Å². The second-order valence-corrected chi connectivity index (χ2v) is 7.60. The van der Waals surface area contributed by atoms with Gasteiger partial charge in [0.05, 0.1) is 5.69 Å². The number of hydrogen-bond acceptors (Lipinski definition) is 2. The second kappa shape index (κ2) is 8.73. The lowest BCUT2D eigenvalue weighted by molar-refractivity contribution is -0.114. The number of fused-ring (bicyclic) bond motifs is 2. The fourth-order valence-corrected chi connectivity index (χ4v) is 2.80. The van der Waals surface area contributed by atoms with Crippen LogP contribution >= 0.6 is 0 Å². The van der Waals surface area contributed by atoms with Crippen LogP contribution in [0.5, 0.6) is 0 Å². The molecule has 2 heteroatoms. The molecule has 0 aromatic heterocycles. The first kappa shape index (κ1) is 20.5. The molecular weight excluding hydrogens is 330 g/mol. The molecular formula is C25H31NO. The van der Waals surface area contributed by atoms with Crippen LogP contribution in [0.2, 0.25) is 0 Å². The Morgan fingerprint density at radius 1 is 1.07 bits per heavy atom. The Labute approximate surface area is 165 Å². The van der Waals surface area contributed by atoms with Crippen molar-refractivity contribution in [3.05, 3.63) is 77.5 Å². The average Bonchev–Trinajstić information content (AvgIpc) is 2.62. The summed E-state index contributed by atoms with van der Waals surface area (Å²) in [7, 11) is 0. The van der Waals surface area contributed by atoms with Gasteiger partial charge >= 0.3 is 0 Å². The number of carbonyl (C=O) groups is 1. The molecule has 0 bridgehead atoms. The number of carbonyl (C=O) groups excluding carboxylic acids is 1. The van der Waals surface area contributed by atoms with Gasteiger partial charge in [-0.15, -0.1) is 0 Å². The topological polar surface area (TPSA) is 20.3 Å². The highest BCUT2D eigenvalue weighted by Gasteiger charge is 2.27. The molecule has 0 radical (unpaired) electrons. The standard InChI is InChI=1S/C22H23N.C3H6O.H2/c1-5-22(3,4)17(2)23-16-20-12-7-6-10-18(20)14-15-19-11-8-9-13-21(19)23;1-3(2)4;/h6-13H,2,5,16H2,1,3-4H3;1-2H3;1H. The number of ketones is 1. The normalized spacial score (nSPS) is 12.1. The van der Waals surface area contributed by atoms with E-state index in [9.17, 15) is 4.79 Å². The van der Waals surface area contributed by atoms with Crippen molar-refractivity contribution in [1.29, 1.82) is 0 Å². The van der Waals surface area contributed by atoms with Crippen LogP contribution in [-0.4, -0.2) is 5.78 Å². The third kappa shape index (κ3) is 5.11. The lowest BCUT2D eigenvalue weighted by Crippen LogP contribution is -2.31. The van der Waals surface area contributed by atoms with Crippen molar-refractivity contribution < 1.29 is 6.22 Å². The monoisotopic (exact) mass is 361 g/mol. The molecule has 0 amide bonds. The van der Waals surface area contributed by atoms with Gasteiger partial charge in [-0.2, -0.15) is 0 Å². The molecule has 0 aliphatic carbocycles. The summed E-state index contributed by atoms with van der Waals surface area (Å²) in [6.45, 7) is 15.0. The molecule has 2 nitrogen and oxygen atoms in total. The van der Waals surface area contributed by atoms with Gasteiger partial charge in [0.1, 0.15) is 5.78 Å². The van der Waals surface area contributed by atoms with Crippen molar-refractivity contribution in [2.45, 2.75) is 47.6 Å². The summed E-state index contributed by atoms with van der Waals surface area (Å²) in [4.78, 5) is 11.8. The Bertz CT molecular complexity index is 898. The van der Waals surface area contributed by atoms with Gasteiger partial charge in [-0.25, -0.2) is 0 Å². The largest absolute Gasteiger partial charge is 0.340 e. The summed E-state index contributed by atoms with van der Waals surface area (Å²) < 4.78 is 0. The number of rotatable bonds is 3. The lowest BCUT2D eigenvalue weighted by Gasteiger charge is -2.37. The minimum Gasteiger partial charge on any atom is -0.340 e. The van der Waals surface area contributed by atoms with E-state index in [0.717, 1.165) is 35.5 Å². The molecule has 1 aliphatic rings. The van der Waals surface area contributed by atoms with Crippen LogP contribution in [0.25, 0.3) is 0 Å². The van der Waals surface area contributed by atoms with Gasteiger partial charge in [-0.05, 0) is 44.0 Å². The Morgan fingerprint density at radius 3 is 2.22 bits per heavy atom. The molecule has 27 heavy (non-hydrogen) atoms. The highest BCUT2D eigenvalue weighted by atomic mass is 16.1. The van der Waals surface area contributed by atoms with Gasteiger partial charge in [0.25, 0.3) is 0 Å². The molecule has 0 saturated heterocycles. The van der Waals surface area contributed by atoms with Crippen molar-refractivity contribution in [2.24, 2.45) is 5.41 Å². The summed E-state index contributed by atoms with van der Waals surface area (Å²) in [5.74, 6) is 6.84. The van der Waals surface area contributed by atoms with E-state index in [-0.39, 0.29) is 12.6 Å². The van der Waals surface area contributed by atoms with Crippen molar-refractivity contribution in [2.75, 3.05) is 4.90 Å². The van der Waals surface area contributed by atoms with Crippen molar-refractivity contribution >= 4 is 11.5 Å². The van der Waals surface area contributed by atoms with Gasteiger partial charge in [-0.3, -0.25) is 0 Å². The van der Waals surface area contributed by atoms with Gasteiger partial charge in [0.15, 0.2) is 0 Å².